The largest absolute Gasteiger partial charge is 0.351 e. The van der Waals surface area contributed by atoms with E-state index in [-0.39, 0.29) is 11.7 Å². The highest BCUT2D eigenvalue weighted by Crippen LogP contribution is 2.23. The van der Waals surface area contributed by atoms with Gasteiger partial charge in [0, 0.05) is 25.2 Å². The van der Waals surface area contributed by atoms with Crippen molar-refractivity contribution < 1.29 is 14.0 Å². The fraction of sp³-hybridized carbons (Fsp3) is 0.222. The molecule has 0 aliphatic carbocycles. The predicted octanol–water partition coefficient (Wildman–Crippen LogP) is 2.10. The maximum absolute atomic E-state index is 13.6. The number of carbonyl (C=O) groups is 2. The first kappa shape index (κ1) is 16.9. The number of primary amides is 1. The molecule has 6 nitrogen and oxygen atoms in total. The van der Waals surface area contributed by atoms with E-state index in [1.807, 2.05) is 0 Å². The molecule has 130 valence electrons. The van der Waals surface area contributed by atoms with Crippen LogP contribution in [0.4, 0.5) is 14.9 Å². The van der Waals surface area contributed by atoms with Gasteiger partial charge in [-0.1, -0.05) is 24.3 Å². The number of urea groups is 1. The van der Waals surface area contributed by atoms with Crippen molar-refractivity contribution in [2.75, 3.05) is 25.0 Å². The minimum absolute atomic E-state index is 0.132. The molecular formula is C18H19FN4O2. The molecule has 1 unspecified atom stereocenters. The third kappa shape index (κ3) is 3.77. The molecule has 2 aromatic rings. The van der Waals surface area contributed by atoms with Crippen molar-refractivity contribution >= 4 is 17.6 Å². The number of hydrogen-bond acceptors (Lipinski definition) is 3. The zero-order valence-electron chi connectivity index (χ0n) is 13.5. The molecule has 0 radical (unpaired) electrons. The van der Waals surface area contributed by atoms with Crippen molar-refractivity contribution in [2.24, 2.45) is 5.73 Å². The molecule has 1 atom stereocenters. The standard InChI is InChI=1S/C18H19FN4O2/c19-14-3-1-2-4-15(14)22-17(24)13-7-5-12(6-8-13)16-11-21-9-10-23(16)18(20)25/h1-8,16,21H,9-11H2,(H2,20,25)(H,22,24). The number of nitrogens with two attached hydrogens (primary N) is 1. The summed E-state index contributed by atoms with van der Waals surface area (Å²) in [6.45, 7) is 1.84. The summed E-state index contributed by atoms with van der Waals surface area (Å²) in [4.78, 5) is 25.4. The van der Waals surface area contributed by atoms with Crippen molar-refractivity contribution in [3.05, 3.63) is 65.5 Å². The lowest BCUT2D eigenvalue weighted by Gasteiger charge is -2.35. The van der Waals surface area contributed by atoms with Gasteiger partial charge in [-0.15, -0.1) is 0 Å². The lowest BCUT2D eigenvalue weighted by atomic mass is 10.0. The van der Waals surface area contributed by atoms with E-state index in [1.165, 1.54) is 12.1 Å². The number of hydrogen-bond donors (Lipinski definition) is 3. The number of nitrogens with zero attached hydrogens (tertiary/aromatic N) is 1. The third-order valence-electron chi connectivity index (χ3n) is 4.21. The third-order valence-corrected chi connectivity index (χ3v) is 4.21. The van der Waals surface area contributed by atoms with Gasteiger partial charge in [-0.2, -0.15) is 0 Å². The van der Waals surface area contributed by atoms with Crippen LogP contribution in [0.2, 0.25) is 0 Å². The lowest BCUT2D eigenvalue weighted by Crippen LogP contribution is -2.50. The Bertz CT molecular complexity index is 779. The van der Waals surface area contributed by atoms with E-state index < -0.39 is 17.8 Å². The number of benzene rings is 2. The predicted molar refractivity (Wildman–Crippen MR) is 92.7 cm³/mol. The normalized spacial score (nSPS) is 17.2. The van der Waals surface area contributed by atoms with Gasteiger partial charge in [-0.25, -0.2) is 9.18 Å². The van der Waals surface area contributed by atoms with Gasteiger partial charge in [0.1, 0.15) is 5.82 Å². The SMILES string of the molecule is NC(=O)N1CCNCC1c1ccc(C(=O)Nc2ccccc2F)cc1. The summed E-state index contributed by atoms with van der Waals surface area (Å²) >= 11 is 0. The molecule has 0 bridgehead atoms. The molecule has 2 aromatic carbocycles. The van der Waals surface area contributed by atoms with Crippen molar-refractivity contribution in [1.82, 2.24) is 10.2 Å². The first-order valence-corrected chi connectivity index (χ1v) is 7.99. The summed E-state index contributed by atoms with van der Waals surface area (Å²) in [5, 5.41) is 5.77. The molecule has 3 amide bonds. The average Bonchev–Trinajstić information content (AvgIpc) is 2.63. The van der Waals surface area contributed by atoms with E-state index >= 15 is 0 Å². The Labute approximate surface area is 144 Å². The van der Waals surface area contributed by atoms with E-state index in [0.29, 0.717) is 25.2 Å². The van der Waals surface area contributed by atoms with Crippen molar-refractivity contribution in [1.29, 1.82) is 0 Å². The highest BCUT2D eigenvalue weighted by Gasteiger charge is 2.26. The quantitative estimate of drug-likeness (QED) is 0.798. The molecule has 3 rings (SSSR count). The van der Waals surface area contributed by atoms with Crippen LogP contribution in [0.5, 0.6) is 0 Å². The molecule has 0 spiro atoms. The Kier molecular flexibility index (Phi) is 4.95. The van der Waals surface area contributed by atoms with Crippen LogP contribution in [0.1, 0.15) is 22.0 Å². The van der Waals surface area contributed by atoms with Crippen LogP contribution in [-0.2, 0) is 0 Å². The van der Waals surface area contributed by atoms with Gasteiger partial charge in [-0.05, 0) is 29.8 Å². The summed E-state index contributed by atoms with van der Waals surface area (Å²) in [6, 6.07) is 12.2. The highest BCUT2D eigenvalue weighted by atomic mass is 19.1. The first-order valence-electron chi connectivity index (χ1n) is 7.99. The van der Waals surface area contributed by atoms with E-state index in [0.717, 1.165) is 5.56 Å². The molecule has 1 fully saturated rings. The molecule has 1 heterocycles. The molecule has 1 aliphatic rings. The number of anilines is 1. The van der Waals surface area contributed by atoms with Crippen LogP contribution >= 0.6 is 0 Å². The Balaban J connectivity index is 1.74. The average molecular weight is 342 g/mol. The summed E-state index contributed by atoms with van der Waals surface area (Å²) in [5.74, 6) is -0.886. The van der Waals surface area contributed by atoms with Gasteiger partial charge in [0.05, 0.1) is 11.7 Å². The zero-order valence-corrected chi connectivity index (χ0v) is 13.5. The molecule has 25 heavy (non-hydrogen) atoms. The Morgan fingerprint density at radius 1 is 1.16 bits per heavy atom. The Morgan fingerprint density at radius 2 is 1.88 bits per heavy atom. The maximum atomic E-state index is 13.6. The fourth-order valence-electron chi connectivity index (χ4n) is 2.88. The van der Waals surface area contributed by atoms with Crippen molar-refractivity contribution in [2.45, 2.75) is 6.04 Å². The summed E-state index contributed by atoms with van der Waals surface area (Å²) in [6.07, 6.45) is 0. The Morgan fingerprint density at radius 3 is 2.56 bits per heavy atom. The topological polar surface area (TPSA) is 87.5 Å². The van der Waals surface area contributed by atoms with Gasteiger partial charge in [0.25, 0.3) is 5.91 Å². The van der Waals surface area contributed by atoms with E-state index in [1.54, 1.807) is 41.3 Å². The van der Waals surface area contributed by atoms with Crippen LogP contribution in [0.15, 0.2) is 48.5 Å². The van der Waals surface area contributed by atoms with E-state index in [4.69, 9.17) is 5.73 Å². The summed E-state index contributed by atoms with van der Waals surface area (Å²) in [5.41, 5.74) is 6.85. The Hall–Kier alpha value is -2.93. The molecule has 7 heteroatoms. The number of amides is 3. The smallest absolute Gasteiger partial charge is 0.315 e. The van der Waals surface area contributed by atoms with Gasteiger partial charge < -0.3 is 21.3 Å². The molecule has 0 aromatic heterocycles. The number of carbonyl (C=O) groups excluding carboxylic acids is 2. The summed E-state index contributed by atoms with van der Waals surface area (Å²) in [7, 11) is 0. The maximum Gasteiger partial charge on any atom is 0.315 e. The number of rotatable bonds is 3. The number of piperazine rings is 1. The van der Waals surface area contributed by atoms with Crippen LogP contribution in [0.3, 0.4) is 0 Å². The minimum Gasteiger partial charge on any atom is -0.351 e. The molecule has 1 aliphatic heterocycles. The van der Waals surface area contributed by atoms with Crippen molar-refractivity contribution in [3.8, 4) is 0 Å². The van der Waals surface area contributed by atoms with E-state index in [2.05, 4.69) is 10.6 Å². The fourth-order valence-corrected chi connectivity index (χ4v) is 2.88. The second-order valence-corrected chi connectivity index (χ2v) is 5.81. The van der Waals surface area contributed by atoms with Crippen LogP contribution in [0.25, 0.3) is 0 Å². The molecule has 4 N–H and O–H groups in total. The first-order chi connectivity index (χ1) is 12.1. The van der Waals surface area contributed by atoms with Crippen LogP contribution in [-0.4, -0.2) is 36.5 Å². The van der Waals surface area contributed by atoms with Crippen LogP contribution < -0.4 is 16.4 Å². The van der Waals surface area contributed by atoms with Crippen molar-refractivity contribution in [3.63, 3.8) is 0 Å². The lowest BCUT2D eigenvalue weighted by molar-refractivity contribution is 0.102. The molecule has 1 saturated heterocycles. The van der Waals surface area contributed by atoms with Gasteiger partial charge in [0.15, 0.2) is 0 Å². The van der Waals surface area contributed by atoms with Gasteiger partial charge in [0.2, 0.25) is 0 Å². The van der Waals surface area contributed by atoms with Gasteiger partial charge in [-0.3, -0.25) is 4.79 Å². The number of halogens is 1. The van der Waals surface area contributed by atoms with Crippen LogP contribution in [0, 0.1) is 5.82 Å². The number of para-hydroxylation sites is 1. The summed E-state index contributed by atoms with van der Waals surface area (Å²) < 4.78 is 13.6. The minimum atomic E-state index is -0.488. The van der Waals surface area contributed by atoms with Gasteiger partial charge >= 0.3 is 6.03 Å². The monoisotopic (exact) mass is 342 g/mol. The second kappa shape index (κ2) is 7.31. The molecule has 0 saturated carbocycles. The number of nitrogens with one attached hydrogen (secondary N) is 2. The second-order valence-electron chi connectivity index (χ2n) is 5.81. The zero-order chi connectivity index (χ0) is 17.8. The highest BCUT2D eigenvalue weighted by molar-refractivity contribution is 6.04. The van der Waals surface area contributed by atoms with E-state index in [9.17, 15) is 14.0 Å². The molecular weight excluding hydrogens is 323 g/mol.